The van der Waals surface area contributed by atoms with Crippen molar-refractivity contribution < 1.29 is 9.13 Å². The second-order valence-corrected chi connectivity index (χ2v) is 6.39. The number of hydrogen-bond acceptors (Lipinski definition) is 4. The van der Waals surface area contributed by atoms with Crippen molar-refractivity contribution in [3.05, 3.63) is 62.6 Å². The zero-order valence-electron chi connectivity index (χ0n) is 10.3. The Kier molecular flexibility index (Phi) is 4.51. The molecule has 0 amide bonds. The number of hydrogen-bond donors (Lipinski definition) is 1. The van der Waals surface area contributed by atoms with Crippen LogP contribution in [0.4, 0.5) is 11.4 Å². The van der Waals surface area contributed by atoms with Crippen molar-refractivity contribution in [2.24, 2.45) is 0 Å². The van der Waals surface area contributed by atoms with Crippen LogP contribution in [0.3, 0.4) is 0 Å². The molecule has 0 aliphatic carbocycles. The fraction of sp³-hybridized carbons (Fsp3) is 0.0769. The molecule has 0 radical (unpaired) electrons. The number of nitrogens with two attached hydrogens (primary N) is 1. The Bertz CT molecular complexity index is 691. The molecule has 20 heavy (non-hydrogen) atoms. The molecule has 2 N–H and O–H groups in total. The standard InChI is InChI=1S/C13H11BrN2O3S/c14-10-5-6-11(15)13(7-10)20(19)8-9-3-1-2-4-12(9)16(17)18/h1-7H,8,15H2. The van der Waals surface area contributed by atoms with Gasteiger partial charge in [-0.25, -0.2) is 0 Å². The van der Waals surface area contributed by atoms with Gasteiger partial charge in [0.25, 0.3) is 5.69 Å². The lowest BCUT2D eigenvalue weighted by Crippen LogP contribution is -2.03. The zero-order valence-corrected chi connectivity index (χ0v) is 12.7. The number of nitrogens with zero attached hydrogens (tertiary/aromatic N) is 1. The van der Waals surface area contributed by atoms with E-state index in [1.165, 1.54) is 6.07 Å². The van der Waals surface area contributed by atoms with Crippen LogP contribution in [-0.4, -0.2) is 9.13 Å². The first-order valence-corrected chi connectivity index (χ1v) is 7.76. The van der Waals surface area contributed by atoms with Crippen LogP contribution >= 0.6 is 15.9 Å². The van der Waals surface area contributed by atoms with Gasteiger partial charge in [-0.1, -0.05) is 34.1 Å². The molecule has 0 aliphatic heterocycles. The molecule has 1 unspecified atom stereocenters. The normalized spacial score (nSPS) is 12.1. The van der Waals surface area contributed by atoms with Crippen LogP contribution in [-0.2, 0) is 16.6 Å². The lowest BCUT2D eigenvalue weighted by molar-refractivity contribution is -0.385. The van der Waals surface area contributed by atoms with Crippen LogP contribution in [0.5, 0.6) is 0 Å². The molecular weight excluding hydrogens is 344 g/mol. The number of anilines is 1. The van der Waals surface area contributed by atoms with E-state index in [-0.39, 0.29) is 11.4 Å². The summed E-state index contributed by atoms with van der Waals surface area (Å²) in [5.74, 6) is 0.0534. The van der Waals surface area contributed by atoms with E-state index in [0.717, 1.165) is 4.47 Å². The summed E-state index contributed by atoms with van der Waals surface area (Å²) in [5.41, 5.74) is 6.59. The van der Waals surface area contributed by atoms with Gasteiger partial charge in [-0.2, -0.15) is 0 Å². The quantitative estimate of drug-likeness (QED) is 0.518. The molecule has 0 saturated carbocycles. The van der Waals surface area contributed by atoms with Gasteiger partial charge in [0, 0.05) is 21.8 Å². The van der Waals surface area contributed by atoms with E-state index in [2.05, 4.69) is 15.9 Å². The number of nitro benzene ring substituents is 1. The average Bonchev–Trinajstić information content (AvgIpc) is 2.41. The summed E-state index contributed by atoms with van der Waals surface area (Å²) in [6.45, 7) is 0. The monoisotopic (exact) mass is 354 g/mol. The molecule has 0 saturated heterocycles. The van der Waals surface area contributed by atoms with E-state index in [9.17, 15) is 14.3 Å². The van der Waals surface area contributed by atoms with Crippen LogP contribution in [0, 0.1) is 10.1 Å². The minimum atomic E-state index is -1.44. The van der Waals surface area contributed by atoms with Gasteiger partial charge in [0.15, 0.2) is 0 Å². The van der Waals surface area contributed by atoms with Crippen molar-refractivity contribution in [3.63, 3.8) is 0 Å². The average molecular weight is 355 g/mol. The third-order valence-electron chi connectivity index (χ3n) is 2.70. The van der Waals surface area contributed by atoms with Crippen molar-refractivity contribution in [1.29, 1.82) is 0 Å². The Hall–Kier alpha value is -1.73. The van der Waals surface area contributed by atoms with E-state index in [1.807, 2.05) is 0 Å². The van der Waals surface area contributed by atoms with Gasteiger partial charge in [0.1, 0.15) is 0 Å². The van der Waals surface area contributed by atoms with Gasteiger partial charge >= 0.3 is 0 Å². The highest BCUT2D eigenvalue weighted by atomic mass is 79.9. The largest absolute Gasteiger partial charge is 0.398 e. The summed E-state index contributed by atoms with van der Waals surface area (Å²) in [6, 6.07) is 11.3. The fourth-order valence-corrected chi connectivity index (χ4v) is 3.52. The molecule has 2 aromatic carbocycles. The van der Waals surface area contributed by atoms with Crippen molar-refractivity contribution >= 4 is 38.1 Å². The van der Waals surface area contributed by atoms with E-state index in [4.69, 9.17) is 5.73 Å². The molecule has 2 rings (SSSR count). The van der Waals surface area contributed by atoms with Gasteiger partial charge < -0.3 is 5.73 Å². The lowest BCUT2D eigenvalue weighted by atomic mass is 10.2. The SMILES string of the molecule is Nc1ccc(Br)cc1S(=O)Cc1ccccc1[N+](=O)[O-]. The summed E-state index contributed by atoms with van der Waals surface area (Å²) < 4.78 is 13.1. The van der Waals surface area contributed by atoms with Gasteiger partial charge in [-0.3, -0.25) is 14.3 Å². The van der Waals surface area contributed by atoms with Gasteiger partial charge in [0.2, 0.25) is 0 Å². The molecule has 0 aromatic heterocycles. The maximum absolute atomic E-state index is 12.3. The summed E-state index contributed by atoms with van der Waals surface area (Å²) >= 11 is 3.29. The molecule has 2 aromatic rings. The molecule has 0 bridgehead atoms. The third-order valence-corrected chi connectivity index (χ3v) is 4.61. The number of benzene rings is 2. The van der Waals surface area contributed by atoms with E-state index >= 15 is 0 Å². The highest BCUT2D eigenvalue weighted by molar-refractivity contribution is 9.10. The first-order chi connectivity index (χ1) is 9.49. The first-order valence-electron chi connectivity index (χ1n) is 5.64. The third kappa shape index (κ3) is 3.23. The Morgan fingerprint density at radius 2 is 1.95 bits per heavy atom. The molecule has 5 nitrogen and oxygen atoms in total. The molecule has 0 heterocycles. The summed E-state index contributed by atoms with van der Waals surface area (Å²) in [6.07, 6.45) is 0. The van der Waals surface area contributed by atoms with E-state index in [1.54, 1.807) is 36.4 Å². The topological polar surface area (TPSA) is 86.2 Å². The Balaban J connectivity index is 2.33. The Morgan fingerprint density at radius 1 is 1.25 bits per heavy atom. The smallest absolute Gasteiger partial charge is 0.273 e. The number of rotatable bonds is 4. The number of halogens is 1. The van der Waals surface area contributed by atoms with Crippen LogP contribution in [0.1, 0.15) is 5.56 Å². The molecule has 0 aliphatic rings. The number of nitro groups is 1. The highest BCUT2D eigenvalue weighted by Gasteiger charge is 2.17. The van der Waals surface area contributed by atoms with Crippen LogP contribution in [0.15, 0.2) is 51.8 Å². The fourth-order valence-electron chi connectivity index (χ4n) is 1.74. The molecule has 0 spiro atoms. The maximum atomic E-state index is 12.3. The van der Waals surface area contributed by atoms with Gasteiger partial charge in [-0.15, -0.1) is 0 Å². The molecule has 0 fully saturated rings. The lowest BCUT2D eigenvalue weighted by Gasteiger charge is -2.07. The van der Waals surface area contributed by atoms with Gasteiger partial charge in [0.05, 0.1) is 26.4 Å². The summed E-state index contributed by atoms with van der Waals surface area (Å²) in [4.78, 5) is 10.9. The minimum absolute atomic E-state index is 0.0329. The molecule has 104 valence electrons. The van der Waals surface area contributed by atoms with Crippen molar-refractivity contribution in [2.45, 2.75) is 10.6 Å². The number of nitrogen functional groups attached to an aromatic ring is 1. The summed E-state index contributed by atoms with van der Waals surface area (Å²) in [7, 11) is -1.44. The maximum Gasteiger partial charge on any atom is 0.273 e. The molecule has 7 heteroatoms. The molecular formula is C13H11BrN2O3S. The predicted molar refractivity (Wildman–Crippen MR) is 81.8 cm³/mol. The van der Waals surface area contributed by atoms with E-state index < -0.39 is 15.7 Å². The van der Waals surface area contributed by atoms with Crippen molar-refractivity contribution in [3.8, 4) is 0 Å². The van der Waals surface area contributed by atoms with Crippen LogP contribution in [0.2, 0.25) is 0 Å². The van der Waals surface area contributed by atoms with Crippen molar-refractivity contribution in [1.82, 2.24) is 0 Å². The zero-order chi connectivity index (χ0) is 14.7. The minimum Gasteiger partial charge on any atom is -0.398 e. The number of para-hydroxylation sites is 1. The summed E-state index contributed by atoms with van der Waals surface area (Å²) in [5, 5.41) is 10.9. The van der Waals surface area contributed by atoms with E-state index in [0.29, 0.717) is 16.1 Å². The second kappa shape index (κ2) is 6.15. The van der Waals surface area contributed by atoms with Crippen LogP contribution in [0.25, 0.3) is 0 Å². The van der Waals surface area contributed by atoms with Crippen LogP contribution < -0.4 is 5.73 Å². The predicted octanol–water partition coefficient (Wildman–Crippen LogP) is 3.25. The van der Waals surface area contributed by atoms with Crippen molar-refractivity contribution in [2.75, 3.05) is 5.73 Å². The Morgan fingerprint density at radius 3 is 2.65 bits per heavy atom. The molecule has 1 atom stereocenters. The van der Waals surface area contributed by atoms with Gasteiger partial charge in [-0.05, 0) is 18.2 Å². The first kappa shape index (κ1) is 14.7. The highest BCUT2D eigenvalue weighted by Crippen LogP contribution is 2.26. The second-order valence-electron chi connectivity index (χ2n) is 4.06. The Labute approximate surface area is 126 Å².